The van der Waals surface area contributed by atoms with Crippen molar-refractivity contribution in [2.45, 2.75) is 0 Å². The minimum Gasteiger partial charge on any atom is -0.390 e. The smallest absolute Gasteiger partial charge is 0.390 e. The van der Waals surface area contributed by atoms with Crippen molar-refractivity contribution in [3.8, 4) is 0 Å². The molecule has 0 amide bonds. The van der Waals surface area contributed by atoms with Gasteiger partial charge in [0, 0.05) is 0 Å². The van der Waals surface area contributed by atoms with Gasteiger partial charge in [0.05, 0.1) is 6.34 Å². The van der Waals surface area contributed by atoms with Crippen LogP contribution in [0.2, 0.25) is 0 Å². The van der Waals surface area contributed by atoms with Gasteiger partial charge in [0.1, 0.15) is 0 Å². The minimum atomic E-state index is -1.17. The summed E-state index contributed by atoms with van der Waals surface area (Å²) in [5.74, 6) is 0. The molecular weight excluding hydrogens is 103 g/mol. The first-order valence-electron chi connectivity index (χ1n) is 1.05. The van der Waals surface area contributed by atoms with Gasteiger partial charge < -0.3 is 5.73 Å². The highest BCUT2D eigenvalue weighted by Crippen LogP contribution is 1.66. The van der Waals surface area contributed by atoms with Crippen LogP contribution in [0.3, 0.4) is 0 Å². The molecule has 0 saturated carbocycles. The summed E-state index contributed by atoms with van der Waals surface area (Å²) < 4.78 is 8.51. The Hall–Kier alpha value is -0.470. The third-order valence-electron chi connectivity index (χ3n) is 0. The standard InChI is InChI=1S/CH4N2.HO2P/c2-1-3;1-3-2/h1H,(H3,2,3);3H/p+1. The molecular formula is CH6N2O2P+. The lowest BCUT2D eigenvalue weighted by atomic mass is 11.4. The molecule has 0 aliphatic heterocycles. The molecule has 0 aliphatic carbocycles. The first kappa shape index (κ1) is 9.11. The average Bonchev–Trinajstić information content (AvgIpc) is 1.39. The molecule has 0 rings (SSSR count). The molecule has 0 bridgehead atoms. The van der Waals surface area contributed by atoms with E-state index in [0.717, 1.165) is 6.34 Å². The summed E-state index contributed by atoms with van der Waals surface area (Å²) in [5, 5.41) is 5.86. The lowest BCUT2D eigenvalue weighted by molar-refractivity contribution is 0.524. The third kappa shape index (κ3) is 102. The Bertz CT molecular complexity index is 32.5. The Balaban J connectivity index is 0. The predicted octanol–water partition coefficient (Wildman–Crippen LogP) is -0.530. The highest BCUT2D eigenvalue weighted by atomic mass is 31.1. The quantitative estimate of drug-likeness (QED) is 0.222. The molecule has 0 heterocycles. The maximum absolute atomic E-state index is 8.51. The average molecular weight is 109 g/mol. The van der Waals surface area contributed by atoms with Crippen molar-refractivity contribution < 1.29 is 9.46 Å². The van der Waals surface area contributed by atoms with E-state index in [9.17, 15) is 0 Å². The molecule has 36 valence electrons. The van der Waals surface area contributed by atoms with Crippen LogP contribution in [0, 0.1) is 5.41 Å². The fraction of sp³-hybridized carbons (Fsp3) is 0. The topological polar surface area (TPSA) is 87.2 Å². The van der Waals surface area contributed by atoms with Crippen molar-refractivity contribution in [3.05, 3.63) is 0 Å². The molecule has 6 heavy (non-hydrogen) atoms. The van der Waals surface area contributed by atoms with Gasteiger partial charge in [0.2, 0.25) is 0 Å². The summed E-state index contributed by atoms with van der Waals surface area (Å²) in [6.45, 7) is 0. The Morgan fingerprint density at radius 3 is 2.00 bits per heavy atom. The predicted molar refractivity (Wildman–Crippen MR) is 24.2 cm³/mol. The largest absolute Gasteiger partial charge is 0.491 e. The summed E-state index contributed by atoms with van der Waals surface area (Å²) in [7, 11) is -1.17. The summed E-state index contributed by atoms with van der Waals surface area (Å²) in [6, 6.07) is 0. The van der Waals surface area contributed by atoms with E-state index in [-0.39, 0.29) is 0 Å². The zero-order valence-electron chi connectivity index (χ0n) is 3.01. The van der Waals surface area contributed by atoms with Gasteiger partial charge in [-0.2, -0.15) is 4.89 Å². The van der Waals surface area contributed by atoms with E-state index < -0.39 is 8.69 Å². The van der Waals surface area contributed by atoms with Crippen molar-refractivity contribution >= 4 is 15.0 Å². The zero-order valence-corrected chi connectivity index (χ0v) is 4.01. The van der Waals surface area contributed by atoms with Crippen LogP contribution < -0.4 is 5.73 Å². The fourth-order valence-corrected chi connectivity index (χ4v) is 0. The second-order valence-electron chi connectivity index (χ2n) is 0.258. The zero-order chi connectivity index (χ0) is 5.41. The van der Waals surface area contributed by atoms with Crippen molar-refractivity contribution in [1.29, 1.82) is 5.41 Å². The molecule has 0 aliphatic rings. The summed E-state index contributed by atoms with van der Waals surface area (Å²) in [6.07, 6.45) is 0.750. The molecule has 5 heteroatoms. The Morgan fingerprint density at radius 1 is 2.00 bits per heavy atom. The molecule has 0 fully saturated rings. The second kappa shape index (κ2) is 24.1. The molecule has 0 aromatic rings. The van der Waals surface area contributed by atoms with E-state index in [1.807, 2.05) is 0 Å². The summed E-state index contributed by atoms with van der Waals surface area (Å²) >= 11 is 0. The maximum Gasteiger partial charge on any atom is 0.491 e. The lowest BCUT2D eigenvalue weighted by Gasteiger charge is -1.38. The molecule has 1 unspecified atom stereocenters. The van der Waals surface area contributed by atoms with E-state index in [2.05, 4.69) is 5.73 Å². The van der Waals surface area contributed by atoms with Gasteiger partial charge in [-0.1, -0.05) is 0 Å². The van der Waals surface area contributed by atoms with E-state index in [1.54, 1.807) is 0 Å². The fourth-order valence-electron chi connectivity index (χ4n) is 0. The first-order chi connectivity index (χ1) is 2.83. The Labute approximate surface area is 36.8 Å². The molecule has 1 atom stereocenters. The van der Waals surface area contributed by atoms with Crippen LogP contribution in [0.15, 0.2) is 0 Å². The SMILES string of the molecule is N=CN.O=[PH+]O. The maximum atomic E-state index is 8.51. The Kier molecular flexibility index (Phi) is 36.6. The van der Waals surface area contributed by atoms with Gasteiger partial charge in [0.15, 0.2) is 0 Å². The second-order valence-corrected chi connectivity index (χ2v) is 0.441. The monoisotopic (exact) mass is 109 g/mol. The Morgan fingerprint density at radius 2 is 2.00 bits per heavy atom. The highest BCUT2D eigenvalue weighted by Gasteiger charge is 1.45. The number of nitrogens with two attached hydrogens (primary N) is 1. The number of hydrogen-bond donors (Lipinski definition) is 3. The van der Waals surface area contributed by atoms with Crippen LogP contribution in [0.4, 0.5) is 0 Å². The molecule has 0 spiro atoms. The highest BCUT2D eigenvalue weighted by molar-refractivity contribution is 7.16. The van der Waals surface area contributed by atoms with Gasteiger partial charge in [0.25, 0.3) is 0 Å². The van der Waals surface area contributed by atoms with Crippen LogP contribution in [-0.4, -0.2) is 11.2 Å². The van der Waals surface area contributed by atoms with Crippen molar-refractivity contribution in [3.63, 3.8) is 0 Å². The van der Waals surface area contributed by atoms with Gasteiger partial charge in [-0.25, -0.2) is 0 Å². The molecule has 0 aromatic heterocycles. The van der Waals surface area contributed by atoms with E-state index in [1.165, 1.54) is 0 Å². The lowest BCUT2D eigenvalue weighted by Crippen LogP contribution is -1.81. The van der Waals surface area contributed by atoms with Gasteiger partial charge in [-0.15, -0.1) is 0 Å². The summed E-state index contributed by atoms with van der Waals surface area (Å²) in [5.41, 5.74) is 4.39. The van der Waals surface area contributed by atoms with Gasteiger partial charge >= 0.3 is 8.69 Å². The van der Waals surface area contributed by atoms with Crippen molar-refractivity contribution in [2.75, 3.05) is 0 Å². The first-order valence-corrected chi connectivity index (χ1v) is 1.91. The third-order valence-corrected chi connectivity index (χ3v) is 0. The molecule has 4 nitrogen and oxygen atoms in total. The van der Waals surface area contributed by atoms with Crippen LogP contribution >= 0.6 is 8.69 Å². The van der Waals surface area contributed by atoms with Crippen molar-refractivity contribution in [1.82, 2.24) is 0 Å². The van der Waals surface area contributed by atoms with E-state index in [0.29, 0.717) is 0 Å². The molecule has 0 aromatic carbocycles. The number of nitrogens with one attached hydrogen (secondary N) is 1. The van der Waals surface area contributed by atoms with Crippen LogP contribution in [0.25, 0.3) is 0 Å². The number of hydrogen-bond acceptors (Lipinski definition) is 2. The van der Waals surface area contributed by atoms with Crippen LogP contribution in [-0.2, 0) is 4.57 Å². The van der Waals surface area contributed by atoms with E-state index >= 15 is 0 Å². The number of rotatable bonds is 0. The normalized spacial score (nSPS) is 5.50. The van der Waals surface area contributed by atoms with Gasteiger partial charge in [-0.3, -0.25) is 5.41 Å². The van der Waals surface area contributed by atoms with Crippen LogP contribution in [0.5, 0.6) is 0 Å². The molecule has 0 saturated heterocycles. The molecule has 0 radical (unpaired) electrons. The van der Waals surface area contributed by atoms with Crippen molar-refractivity contribution in [2.24, 2.45) is 5.73 Å². The molecule has 4 N–H and O–H groups in total. The van der Waals surface area contributed by atoms with E-state index in [4.69, 9.17) is 14.9 Å². The van der Waals surface area contributed by atoms with Gasteiger partial charge in [-0.05, 0) is 4.57 Å². The van der Waals surface area contributed by atoms with Crippen LogP contribution in [0.1, 0.15) is 0 Å². The summed E-state index contributed by atoms with van der Waals surface area (Å²) in [4.78, 5) is 7.04. The minimum absolute atomic E-state index is 0.750.